The van der Waals surface area contributed by atoms with Crippen molar-refractivity contribution in [2.75, 3.05) is 40.5 Å². The number of nitrogens with zero attached hydrogens (tertiary/aromatic N) is 3. The molecule has 0 bridgehead atoms. The monoisotopic (exact) mass is 497 g/mol. The van der Waals surface area contributed by atoms with Gasteiger partial charge in [-0.05, 0) is 32.9 Å². The van der Waals surface area contributed by atoms with E-state index in [9.17, 15) is 5.11 Å². The molecule has 0 aliphatic carbocycles. The first-order valence-electron chi connectivity index (χ1n) is 12.2. The Labute approximate surface area is 214 Å². The summed E-state index contributed by atoms with van der Waals surface area (Å²) in [5.41, 5.74) is 2.40. The molecule has 8 heteroatoms. The number of aryl methyl sites for hydroxylation is 1. The number of para-hydroxylation sites is 2. The fraction of sp³-hybridized carbons (Fsp3) is 0.464. The highest BCUT2D eigenvalue weighted by Gasteiger charge is 2.24. The molecule has 1 aromatic heterocycles. The van der Waals surface area contributed by atoms with Gasteiger partial charge in [-0.1, -0.05) is 42.5 Å². The summed E-state index contributed by atoms with van der Waals surface area (Å²) in [7, 11) is 5.16. The number of aliphatic hydroxyl groups is 1. The average Bonchev–Trinajstić information content (AvgIpc) is 3.16. The van der Waals surface area contributed by atoms with E-state index in [4.69, 9.17) is 24.0 Å². The normalized spacial score (nSPS) is 12.7. The number of hydrogen-bond donors (Lipinski definition) is 1. The van der Waals surface area contributed by atoms with Gasteiger partial charge < -0.3 is 24.1 Å². The second-order valence-electron chi connectivity index (χ2n) is 9.68. The molecule has 0 aliphatic heterocycles. The first-order chi connectivity index (χ1) is 17.2. The Bertz CT molecular complexity index is 1080. The van der Waals surface area contributed by atoms with Gasteiger partial charge in [0.1, 0.15) is 5.69 Å². The predicted molar refractivity (Wildman–Crippen MR) is 141 cm³/mol. The zero-order chi connectivity index (χ0) is 26.1. The highest BCUT2D eigenvalue weighted by Crippen LogP contribution is 2.37. The minimum atomic E-state index is -0.656. The Morgan fingerprint density at radius 2 is 1.67 bits per heavy atom. The third-order valence-electron chi connectivity index (χ3n) is 5.58. The van der Waals surface area contributed by atoms with Crippen LogP contribution >= 0.6 is 0 Å². The molecule has 2 aromatic carbocycles. The van der Waals surface area contributed by atoms with Crippen LogP contribution in [0.3, 0.4) is 0 Å². The van der Waals surface area contributed by atoms with Crippen LogP contribution in [-0.2, 0) is 23.1 Å². The van der Waals surface area contributed by atoms with E-state index >= 15 is 0 Å². The molecule has 1 atom stereocenters. The SMILES string of the molecule is COCCN(Cc1c(-c2ccccc2)nn(C)c1Oc1ccccc1OC)CC(O)COC(C)(C)C. The van der Waals surface area contributed by atoms with E-state index in [0.29, 0.717) is 43.6 Å². The van der Waals surface area contributed by atoms with Gasteiger partial charge in [-0.2, -0.15) is 5.10 Å². The van der Waals surface area contributed by atoms with Crippen molar-refractivity contribution < 1.29 is 24.1 Å². The van der Waals surface area contributed by atoms with Crippen molar-refractivity contribution in [1.29, 1.82) is 0 Å². The fourth-order valence-electron chi connectivity index (χ4n) is 3.83. The first-order valence-corrected chi connectivity index (χ1v) is 12.2. The Kier molecular flexibility index (Phi) is 9.89. The summed E-state index contributed by atoms with van der Waals surface area (Å²) < 4.78 is 24.8. The maximum Gasteiger partial charge on any atom is 0.222 e. The van der Waals surface area contributed by atoms with Crippen molar-refractivity contribution in [2.45, 2.75) is 39.0 Å². The fourth-order valence-corrected chi connectivity index (χ4v) is 3.83. The van der Waals surface area contributed by atoms with Crippen LogP contribution in [0.5, 0.6) is 17.4 Å². The van der Waals surface area contributed by atoms with Crippen LogP contribution in [0.1, 0.15) is 26.3 Å². The molecule has 0 radical (unpaired) electrons. The summed E-state index contributed by atoms with van der Waals surface area (Å²) >= 11 is 0. The van der Waals surface area contributed by atoms with Crippen molar-refractivity contribution in [3.8, 4) is 28.6 Å². The second-order valence-corrected chi connectivity index (χ2v) is 9.68. The maximum atomic E-state index is 10.7. The molecule has 8 nitrogen and oxygen atoms in total. The van der Waals surface area contributed by atoms with Gasteiger partial charge in [0.25, 0.3) is 0 Å². The largest absolute Gasteiger partial charge is 0.493 e. The summed E-state index contributed by atoms with van der Waals surface area (Å²) in [6.07, 6.45) is -0.656. The average molecular weight is 498 g/mol. The number of ether oxygens (including phenoxy) is 4. The van der Waals surface area contributed by atoms with Crippen LogP contribution in [0.2, 0.25) is 0 Å². The summed E-state index contributed by atoms with van der Waals surface area (Å²) in [5.74, 6) is 1.85. The molecular formula is C28H39N3O5. The van der Waals surface area contributed by atoms with Gasteiger partial charge in [0.15, 0.2) is 11.5 Å². The number of methoxy groups -OCH3 is 2. The summed E-state index contributed by atoms with van der Waals surface area (Å²) in [6.45, 7) is 8.24. The molecule has 0 saturated carbocycles. The van der Waals surface area contributed by atoms with E-state index in [1.54, 1.807) is 18.9 Å². The molecular weight excluding hydrogens is 458 g/mol. The quantitative estimate of drug-likeness (QED) is 0.372. The van der Waals surface area contributed by atoms with E-state index in [-0.39, 0.29) is 12.2 Å². The molecule has 0 fully saturated rings. The second kappa shape index (κ2) is 12.9. The summed E-state index contributed by atoms with van der Waals surface area (Å²) in [6, 6.07) is 17.6. The van der Waals surface area contributed by atoms with Crippen molar-refractivity contribution in [3.63, 3.8) is 0 Å². The van der Waals surface area contributed by atoms with Gasteiger partial charge in [-0.3, -0.25) is 4.90 Å². The molecule has 0 saturated heterocycles. The highest BCUT2D eigenvalue weighted by molar-refractivity contribution is 5.66. The van der Waals surface area contributed by atoms with Crippen molar-refractivity contribution in [1.82, 2.24) is 14.7 Å². The van der Waals surface area contributed by atoms with Crippen molar-refractivity contribution in [3.05, 3.63) is 60.2 Å². The van der Waals surface area contributed by atoms with E-state index in [1.807, 2.05) is 82.4 Å². The lowest BCUT2D eigenvalue weighted by Crippen LogP contribution is -2.38. The van der Waals surface area contributed by atoms with Crippen LogP contribution < -0.4 is 9.47 Å². The molecule has 1 unspecified atom stereocenters. The van der Waals surface area contributed by atoms with Gasteiger partial charge >= 0.3 is 0 Å². The third-order valence-corrected chi connectivity index (χ3v) is 5.58. The Morgan fingerprint density at radius 1 is 1.00 bits per heavy atom. The van der Waals surface area contributed by atoms with Crippen LogP contribution in [0.4, 0.5) is 0 Å². The van der Waals surface area contributed by atoms with E-state index in [1.165, 1.54) is 0 Å². The molecule has 0 aliphatic rings. The zero-order valence-electron chi connectivity index (χ0n) is 22.2. The Balaban J connectivity index is 1.96. The first kappa shape index (κ1) is 27.7. The van der Waals surface area contributed by atoms with Gasteiger partial charge in [0.2, 0.25) is 5.88 Å². The molecule has 0 spiro atoms. The standard InChI is InChI=1S/C28H39N3O5/c1-28(2,3)35-20-22(32)18-31(16-17-33-5)19-23-26(21-12-8-7-9-13-21)29-30(4)27(23)36-25-15-11-10-14-24(25)34-6/h7-15,22,32H,16-20H2,1-6H3. The number of rotatable bonds is 13. The minimum Gasteiger partial charge on any atom is -0.493 e. The van der Waals surface area contributed by atoms with Crippen LogP contribution in [0.15, 0.2) is 54.6 Å². The third kappa shape index (κ3) is 7.80. The Hall–Kier alpha value is -2.91. The van der Waals surface area contributed by atoms with Crippen LogP contribution in [0.25, 0.3) is 11.3 Å². The van der Waals surface area contributed by atoms with Gasteiger partial charge in [0, 0.05) is 39.4 Å². The van der Waals surface area contributed by atoms with Crippen molar-refractivity contribution in [2.24, 2.45) is 7.05 Å². The molecule has 0 amide bonds. The highest BCUT2D eigenvalue weighted by atomic mass is 16.5. The van der Waals surface area contributed by atoms with Gasteiger partial charge in [0.05, 0.1) is 37.6 Å². The number of aliphatic hydroxyl groups excluding tert-OH is 1. The van der Waals surface area contributed by atoms with E-state index in [2.05, 4.69) is 4.90 Å². The number of aromatic nitrogens is 2. The number of benzene rings is 2. The lowest BCUT2D eigenvalue weighted by Gasteiger charge is -2.27. The molecule has 196 valence electrons. The molecule has 3 rings (SSSR count). The molecule has 3 aromatic rings. The van der Waals surface area contributed by atoms with Gasteiger partial charge in [-0.15, -0.1) is 0 Å². The zero-order valence-corrected chi connectivity index (χ0v) is 22.2. The molecule has 1 N–H and O–H groups in total. The minimum absolute atomic E-state index is 0.246. The molecule has 1 heterocycles. The lowest BCUT2D eigenvalue weighted by atomic mass is 10.1. The van der Waals surface area contributed by atoms with E-state index < -0.39 is 6.10 Å². The maximum absolute atomic E-state index is 10.7. The number of hydrogen-bond acceptors (Lipinski definition) is 7. The topological polar surface area (TPSA) is 78.2 Å². The summed E-state index contributed by atoms with van der Waals surface area (Å²) in [5, 5.41) is 15.6. The van der Waals surface area contributed by atoms with Gasteiger partial charge in [-0.25, -0.2) is 4.68 Å². The van der Waals surface area contributed by atoms with E-state index in [0.717, 1.165) is 16.8 Å². The predicted octanol–water partition coefficient (Wildman–Crippen LogP) is 4.51. The lowest BCUT2D eigenvalue weighted by molar-refractivity contribution is -0.0576. The summed E-state index contributed by atoms with van der Waals surface area (Å²) in [4.78, 5) is 2.14. The smallest absolute Gasteiger partial charge is 0.222 e. The van der Waals surface area contributed by atoms with Crippen LogP contribution in [-0.4, -0.2) is 72.0 Å². The molecule has 36 heavy (non-hydrogen) atoms. The van der Waals surface area contributed by atoms with Crippen LogP contribution in [0, 0.1) is 0 Å². The Morgan fingerprint density at radius 3 is 2.31 bits per heavy atom. The van der Waals surface area contributed by atoms with Crippen molar-refractivity contribution >= 4 is 0 Å².